The number of nitrogens with one attached hydrogen (secondary N) is 2. The molecule has 0 saturated carbocycles. The molecule has 13 heteroatoms. The summed E-state index contributed by atoms with van der Waals surface area (Å²) >= 11 is 19.8. The van der Waals surface area contributed by atoms with E-state index in [2.05, 4.69) is 77.0 Å². The van der Waals surface area contributed by atoms with Crippen molar-refractivity contribution >= 4 is 78.0 Å². The van der Waals surface area contributed by atoms with Gasteiger partial charge in [-0.1, -0.05) is 114 Å². The molecule has 0 bridgehead atoms. The average Bonchev–Trinajstić information content (AvgIpc) is 3.75. The Morgan fingerprint density at radius 2 is 0.981 bits per heavy atom. The van der Waals surface area contributed by atoms with E-state index in [0.29, 0.717) is 29.7 Å². The van der Waals surface area contributed by atoms with Gasteiger partial charge in [-0.25, -0.2) is 9.97 Å². The van der Waals surface area contributed by atoms with Crippen molar-refractivity contribution < 1.29 is 0 Å². The standard InChI is InChI=1S/C20H17BrClN5.C19H14BrClN4/c21-16-12-25-27-19(24-11-14-7-5-13(10-23)6-8-14)9-18(26-20(16)27)15-3-1-2-4-17(15)22;20-15-12-23-25-18(22-11-13-6-2-1-3-7-13)10-17(24-19(15)25)14-8-4-5-9-16(14)21/h1-9,12,24H,10-11,23H2;1-10,12,22H,11H2. The summed E-state index contributed by atoms with van der Waals surface area (Å²) in [5.74, 6) is 1.69. The highest BCUT2D eigenvalue weighted by Gasteiger charge is 2.15. The smallest absolute Gasteiger partial charge is 0.172 e. The molecule has 0 unspecified atom stereocenters. The number of nitrogens with two attached hydrogens (primary N) is 1. The molecule has 0 aliphatic rings. The number of hydrogen-bond acceptors (Lipinski definition) is 7. The molecule has 0 amide bonds. The van der Waals surface area contributed by atoms with Crippen molar-refractivity contribution in [3.63, 3.8) is 0 Å². The van der Waals surface area contributed by atoms with Crippen LogP contribution in [0.4, 0.5) is 11.6 Å². The zero-order valence-electron chi connectivity index (χ0n) is 27.5. The molecule has 8 aromatic rings. The van der Waals surface area contributed by atoms with Crippen molar-refractivity contribution in [1.29, 1.82) is 0 Å². The molecule has 9 nitrogen and oxygen atoms in total. The van der Waals surface area contributed by atoms with Crippen LogP contribution in [0.3, 0.4) is 0 Å². The predicted octanol–water partition coefficient (Wildman–Crippen LogP) is 10.3. The summed E-state index contributed by atoms with van der Waals surface area (Å²) in [7, 11) is 0. The van der Waals surface area contributed by atoms with E-state index in [-0.39, 0.29) is 0 Å². The number of rotatable bonds is 9. The summed E-state index contributed by atoms with van der Waals surface area (Å²) in [6.07, 6.45) is 3.48. The summed E-state index contributed by atoms with van der Waals surface area (Å²) in [6.45, 7) is 1.89. The number of nitrogens with zero attached hydrogens (tertiary/aromatic N) is 6. The monoisotopic (exact) mass is 853 g/mol. The molecule has 52 heavy (non-hydrogen) atoms. The Hall–Kier alpha value is -4.78. The highest BCUT2D eigenvalue weighted by molar-refractivity contribution is 9.11. The Morgan fingerprint density at radius 3 is 1.44 bits per heavy atom. The maximum atomic E-state index is 6.37. The second kappa shape index (κ2) is 16.3. The first-order valence-corrected chi connectivity index (χ1v) is 18.6. The van der Waals surface area contributed by atoms with Gasteiger partial charge in [0.1, 0.15) is 11.6 Å². The molecule has 260 valence electrons. The first-order chi connectivity index (χ1) is 25.4. The Kier molecular flexibility index (Phi) is 11.1. The van der Waals surface area contributed by atoms with Gasteiger partial charge in [0, 0.05) is 52.9 Å². The van der Waals surface area contributed by atoms with Crippen LogP contribution in [0.5, 0.6) is 0 Å². The normalized spacial score (nSPS) is 11.0. The van der Waals surface area contributed by atoms with E-state index in [4.69, 9.17) is 38.9 Å². The van der Waals surface area contributed by atoms with Gasteiger partial charge in [-0.2, -0.15) is 19.2 Å². The van der Waals surface area contributed by atoms with E-state index in [9.17, 15) is 0 Å². The van der Waals surface area contributed by atoms with Crippen molar-refractivity contribution in [2.75, 3.05) is 10.6 Å². The lowest BCUT2D eigenvalue weighted by Gasteiger charge is -2.12. The van der Waals surface area contributed by atoms with Gasteiger partial charge in [-0.15, -0.1) is 0 Å². The Morgan fingerprint density at radius 1 is 0.558 bits per heavy atom. The molecule has 0 fully saturated rings. The van der Waals surface area contributed by atoms with Gasteiger partial charge in [0.25, 0.3) is 0 Å². The molecular weight excluding hydrogens is 825 g/mol. The van der Waals surface area contributed by atoms with Crippen LogP contribution < -0.4 is 16.4 Å². The maximum absolute atomic E-state index is 6.37. The van der Waals surface area contributed by atoms with Crippen molar-refractivity contribution in [3.05, 3.63) is 163 Å². The lowest BCUT2D eigenvalue weighted by atomic mass is 10.1. The second-order valence-electron chi connectivity index (χ2n) is 11.7. The third-order valence-corrected chi connectivity index (χ3v) is 9.98. The number of fused-ring (bicyclic) bond motifs is 2. The van der Waals surface area contributed by atoms with Gasteiger partial charge < -0.3 is 16.4 Å². The maximum Gasteiger partial charge on any atom is 0.172 e. The van der Waals surface area contributed by atoms with E-state index < -0.39 is 0 Å². The van der Waals surface area contributed by atoms with Gasteiger partial charge in [-0.3, -0.25) is 0 Å². The first kappa shape index (κ1) is 35.6. The third-order valence-electron chi connectivity index (χ3n) is 8.21. The van der Waals surface area contributed by atoms with E-state index in [0.717, 1.165) is 65.5 Å². The lowest BCUT2D eigenvalue weighted by molar-refractivity contribution is 0.926. The summed E-state index contributed by atoms with van der Waals surface area (Å²) in [5, 5.41) is 17.0. The fourth-order valence-corrected chi connectivity index (χ4v) is 6.67. The molecular formula is C39H31Br2Cl2N9. The zero-order chi connectivity index (χ0) is 36.0. The molecule has 4 aromatic carbocycles. The van der Waals surface area contributed by atoms with E-state index in [1.807, 2.05) is 91.0 Å². The van der Waals surface area contributed by atoms with Crippen molar-refractivity contribution in [2.24, 2.45) is 5.73 Å². The highest BCUT2D eigenvalue weighted by Crippen LogP contribution is 2.32. The highest BCUT2D eigenvalue weighted by atomic mass is 79.9. The lowest BCUT2D eigenvalue weighted by Crippen LogP contribution is -2.07. The van der Waals surface area contributed by atoms with Crippen molar-refractivity contribution in [1.82, 2.24) is 29.2 Å². The van der Waals surface area contributed by atoms with E-state index >= 15 is 0 Å². The largest absolute Gasteiger partial charge is 0.366 e. The quantitative estimate of drug-likeness (QED) is 0.133. The Balaban J connectivity index is 0.000000162. The van der Waals surface area contributed by atoms with Gasteiger partial charge >= 0.3 is 0 Å². The van der Waals surface area contributed by atoms with Gasteiger partial charge in [0.2, 0.25) is 0 Å². The van der Waals surface area contributed by atoms with Gasteiger partial charge in [0.05, 0.1) is 32.7 Å². The molecule has 0 spiro atoms. The van der Waals surface area contributed by atoms with Crippen LogP contribution in [-0.4, -0.2) is 29.2 Å². The summed E-state index contributed by atoms with van der Waals surface area (Å²) in [4.78, 5) is 9.43. The fraction of sp³-hybridized carbons (Fsp3) is 0.0769. The topological polar surface area (TPSA) is 110 Å². The van der Waals surface area contributed by atoms with Crippen molar-refractivity contribution in [3.8, 4) is 22.5 Å². The predicted molar refractivity (Wildman–Crippen MR) is 218 cm³/mol. The first-order valence-electron chi connectivity index (χ1n) is 16.3. The minimum atomic E-state index is 0.543. The van der Waals surface area contributed by atoms with E-state index in [1.165, 1.54) is 5.56 Å². The van der Waals surface area contributed by atoms with Crippen LogP contribution in [0.2, 0.25) is 10.0 Å². The zero-order valence-corrected chi connectivity index (χ0v) is 32.2. The molecule has 0 saturated heterocycles. The van der Waals surface area contributed by atoms with E-state index in [1.54, 1.807) is 21.4 Å². The number of benzene rings is 4. The summed E-state index contributed by atoms with van der Waals surface area (Å²) in [5.41, 5.74) is 14.0. The molecule has 0 aliphatic carbocycles. The average molecular weight is 856 g/mol. The van der Waals surface area contributed by atoms with Crippen LogP contribution in [0.25, 0.3) is 33.8 Å². The molecule has 4 N–H and O–H groups in total. The molecule has 0 atom stereocenters. The Bertz CT molecular complexity index is 2470. The third kappa shape index (κ3) is 7.99. The van der Waals surface area contributed by atoms with Gasteiger partial charge in [-0.05, 0) is 60.7 Å². The van der Waals surface area contributed by atoms with Crippen LogP contribution in [0.1, 0.15) is 16.7 Å². The SMILES string of the molecule is Clc1ccccc1-c1cc(NCc2ccccc2)n2ncc(Br)c2n1.NCc1ccc(CNc2cc(-c3ccccc3Cl)nc3c(Br)cnn23)cc1. The molecule has 8 rings (SSSR count). The number of anilines is 2. The summed E-state index contributed by atoms with van der Waals surface area (Å²) < 4.78 is 5.22. The molecule has 0 aliphatic heterocycles. The molecule has 4 heterocycles. The van der Waals surface area contributed by atoms with Crippen LogP contribution in [0.15, 0.2) is 137 Å². The second-order valence-corrected chi connectivity index (χ2v) is 14.2. The Labute approximate surface area is 327 Å². The molecule has 0 radical (unpaired) electrons. The molecule has 4 aromatic heterocycles. The minimum Gasteiger partial charge on any atom is -0.366 e. The fourth-order valence-electron chi connectivity index (χ4n) is 5.51. The van der Waals surface area contributed by atoms with Gasteiger partial charge in [0.15, 0.2) is 11.3 Å². The number of hydrogen-bond donors (Lipinski definition) is 3. The van der Waals surface area contributed by atoms with Crippen LogP contribution in [-0.2, 0) is 19.6 Å². The van der Waals surface area contributed by atoms with Crippen molar-refractivity contribution in [2.45, 2.75) is 19.6 Å². The minimum absolute atomic E-state index is 0.543. The number of aromatic nitrogens is 6. The number of halogens is 4. The van der Waals surface area contributed by atoms with Crippen LogP contribution in [0, 0.1) is 0 Å². The van der Waals surface area contributed by atoms with Crippen LogP contribution >= 0.6 is 55.1 Å². The summed E-state index contributed by atoms with van der Waals surface area (Å²) in [6, 6.07) is 37.7.